The number of hydrogen-bond donors (Lipinski definition) is 2. The molecule has 27 heavy (non-hydrogen) atoms. The fourth-order valence-corrected chi connectivity index (χ4v) is 3.04. The Kier molecular flexibility index (Phi) is 10.0. The van der Waals surface area contributed by atoms with Gasteiger partial charge in [-0.3, -0.25) is 9.69 Å². The lowest BCUT2D eigenvalue weighted by Crippen LogP contribution is -2.32. The number of rotatable bonds is 11. The lowest BCUT2D eigenvalue weighted by atomic mass is 10.2. The Morgan fingerprint density at radius 3 is 2.52 bits per heavy atom. The van der Waals surface area contributed by atoms with Gasteiger partial charge in [-0.15, -0.1) is 0 Å². The van der Waals surface area contributed by atoms with Crippen LogP contribution in [-0.2, 0) is 4.79 Å². The van der Waals surface area contributed by atoms with Gasteiger partial charge in [-0.25, -0.2) is 4.39 Å². The minimum Gasteiger partial charge on any atom is -0.326 e. The molecule has 2 N–H and O–H groups in total. The third-order valence-electron chi connectivity index (χ3n) is 3.90. The quantitative estimate of drug-likeness (QED) is 0.220. The van der Waals surface area contributed by atoms with Crippen molar-refractivity contribution in [3.8, 4) is 0 Å². The van der Waals surface area contributed by atoms with E-state index in [1.54, 1.807) is 12.1 Å². The molecule has 1 amide bonds. The van der Waals surface area contributed by atoms with Gasteiger partial charge >= 0.3 is 0 Å². The Balaban J connectivity index is 1.58. The number of benzene rings is 2. The van der Waals surface area contributed by atoms with E-state index in [2.05, 4.69) is 62.4 Å². The van der Waals surface area contributed by atoms with E-state index in [1.165, 1.54) is 17.7 Å². The van der Waals surface area contributed by atoms with Crippen molar-refractivity contribution in [2.45, 2.75) is 6.42 Å². The molecule has 0 fully saturated rings. The van der Waals surface area contributed by atoms with Crippen LogP contribution in [0.2, 0.25) is 0 Å². The molecular formula is C21H25FIN3O. The van der Waals surface area contributed by atoms with Crippen molar-refractivity contribution >= 4 is 40.3 Å². The Bertz CT molecular complexity index is 707. The van der Waals surface area contributed by atoms with Crippen molar-refractivity contribution in [3.63, 3.8) is 0 Å². The third-order valence-corrected chi connectivity index (χ3v) is 4.87. The first-order valence-corrected chi connectivity index (χ1v) is 10.5. The van der Waals surface area contributed by atoms with Gasteiger partial charge in [0.2, 0.25) is 5.91 Å². The SMILES string of the molecule is O=C(CCNCCN(CI)C/C=C/c1ccccc1)Nc1ccc(F)cc1. The highest BCUT2D eigenvalue weighted by Crippen LogP contribution is 2.08. The monoisotopic (exact) mass is 481 g/mol. The minimum atomic E-state index is -0.312. The van der Waals surface area contributed by atoms with Gasteiger partial charge in [0.05, 0.1) is 4.55 Å². The predicted molar refractivity (Wildman–Crippen MR) is 118 cm³/mol. The Hall–Kier alpha value is -1.77. The summed E-state index contributed by atoms with van der Waals surface area (Å²) in [7, 11) is 0. The summed E-state index contributed by atoms with van der Waals surface area (Å²) in [5, 5.41) is 6.05. The van der Waals surface area contributed by atoms with E-state index >= 15 is 0 Å². The first-order chi connectivity index (χ1) is 13.2. The van der Waals surface area contributed by atoms with Crippen molar-refractivity contribution in [3.05, 3.63) is 72.1 Å². The summed E-state index contributed by atoms with van der Waals surface area (Å²) in [5.74, 6) is -0.390. The molecule has 0 aliphatic rings. The van der Waals surface area contributed by atoms with Crippen molar-refractivity contribution < 1.29 is 9.18 Å². The summed E-state index contributed by atoms with van der Waals surface area (Å²) in [6.07, 6.45) is 4.69. The van der Waals surface area contributed by atoms with Crippen LogP contribution < -0.4 is 10.6 Å². The topological polar surface area (TPSA) is 44.4 Å². The van der Waals surface area contributed by atoms with Crippen LogP contribution in [0.3, 0.4) is 0 Å². The van der Waals surface area contributed by atoms with Crippen LogP contribution in [0.1, 0.15) is 12.0 Å². The summed E-state index contributed by atoms with van der Waals surface area (Å²) in [4.78, 5) is 14.2. The zero-order valence-electron chi connectivity index (χ0n) is 15.2. The highest BCUT2D eigenvalue weighted by molar-refractivity contribution is 14.1. The van der Waals surface area contributed by atoms with Crippen LogP contribution in [0.15, 0.2) is 60.7 Å². The highest BCUT2D eigenvalue weighted by atomic mass is 127. The van der Waals surface area contributed by atoms with Crippen molar-refractivity contribution in [2.75, 3.05) is 36.0 Å². The van der Waals surface area contributed by atoms with E-state index in [4.69, 9.17) is 0 Å². The average molecular weight is 481 g/mol. The first-order valence-electron chi connectivity index (χ1n) is 8.93. The third kappa shape index (κ3) is 9.12. The number of carbonyl (C=O) groups is 1. The molecule has 0 saturated carbocycles. The highest BCUT2D eigenvalue weighted by Gasteiger charge is 2.03. The number of nitrogens with one attached hydrogen (secondary N) is 2. The molecular weight excluding hydrogens is 456 g/mol. The fraction of sp³-hybridized carbons (Fsp3) is 0.286. The summed E-state index contributed by atoms with van der Waals surface area (Å²) >= 11 is 2.36. The molecule has 0 bridgehead atoms. The number of anilines is 1. The van der Waals surface area contributed by atoms with Crippen molar-refractivity contribution in [1.29, 1.82) is 0 Å². The van der Waals surface area contributed by atoms with Crippen molar-refractivity contribution in [2.24, 2.45) is 0 Å². The first kappa shape index (κ1) is 21.5. The largest absolute Gasteiger partial charge is 0.326 e. The molecule has 2 aromatic rings. The average Bonchev–Trinajstić information content (AvgIpc) is 2.69. The van der Waals surface area contributed by atoms with Gasteiger partial charge in [-0.1, -0.05) is 65.1 Å². The second-order valence-corrected chi connectivity index (χ2v) is 6.75. The molecule has 2 aromatic carbocycles. The maximum absolute atomic E-state index is 12.8. The van der Waals surface area contributed by atoms with Crippen LogP contribution >= 0.6 is 22.6 Å². The number of amides is 1. The standard InChI is InChI=1S/C21H25FIN3O/c22-19-8-10-20(11-9-19)25-21(27)12-13-24-14-16-26(17-23)15-4-7-18-5-2-1-3-6-18/h1-11,24H,12-17H2,(H,25,27)/b7-4+. The molecule has 0 unspecified atom stereocenters. The molecule has 0 atom stereocenters. The summed E-state index contributed by atoms with van der Waals surface area (Å²) < 4.78 is 13.8. The lowest BCUT2D eigenvalue weighted by molar-refractivity contribution is -0.116. The van der Waals surface area contributed by atoms with E-state index in [-0.39, 0.29) is 11.7 Å². The van der Waals surface area contributed by atoms with Gasteiger partial charge in [0, 0.05) is 38.3 Å². The molecule has 0 saturated heterocycles. The summed E-state index contributed by atoms with van der Waals surface area (Å²) in [6, 6.07) is 16.0. The zero-order chi connectivity index (χ0) is 19.3. The van der Waals surface area contributed by atoms with Crippen LogP contribution in [0, 0.1) is 5.82 Å². The van der Waals surface area contributed by atoms with Gasteiger partial charge in [0.15, 0.2) is 0 Å². The van der Waals surface area contributed by atoms with Gasteiger partial charge in [-0.2, -0.15) is 0 Å². The van der Waals surface area contributed by atoms with Gasteiger partial charge in [0.1, 0.15) is 5.82 Å². The predicted octanol–water partition coefficient (Wildman–Crippen LogP) is 4.15. The fourth-order valence-electron chi connectivity index (χ4n) is 2.42. The smallest absolute Gasteiger partial charge is 0.225 e. The molecule has 6 heteroatoms. The lowest BCUT2D eigenvalue weighted by Gasteiger charge is -2.17. The number of halogens is 2. The van der Waals surface area contributed by atoms with E-state index in [0.717, 1.165) is 24.2 Å². The second-order valence-electron chi connectivity index (χ2n) is 6.06. The molecule has 4 nitrogen and oxygen atoms in total. The maximum Gasteiger partial charge on any atom is 0.225 e. The Morgan fingerprint density at radius 1 is 1.07 bits per heavy atom. The molecule has 0 aromatic heterocycles. The number of nitrogens with zero attached hydrogens (tertiary/aromatic N) is 1. The van der Waals surface area contributed by atoms with Gasteiger partial charge in [-0.05, 0) is 29.8 Å². The molecule has 2 rings (SSSR count). The van der Waals surface area contributed by atoms with E-state index < -0.39 is 0 Å². The number of alkyl halides is 1. The Morgan fingerprint density at radius 2 is 1.81 bits per heavy atom. The molecule has 0 spiro atoms. The second kappa shape index (κ2) is 12.6. The number of hydrogen-bond acceptors (Lipinski definition) is 3. The summed E-state index contributed by atoms with van der Waals surface area (Å²) in [5.41, 5.74) is 1.82. The molecule has 0 aliphatic heterocycles. The molecule has 0 radical (unpaired) electrons. The summed E-state index contributed by atoms with van der Waals surface area (Å²) in [6.45, 7) is 3.25. The van der Waals surface area contributed by atoms with E-state index in [9.17, 15) is 9.18 Å². The van der Waals surface area contributed by atoms with Crippen molar-refractivity contribution in [1.82, 2.24) is 10.2 Å². The minimum absolute atomic E-state index is 0.0781. The zero-order valence-corrected chi connectivity index (χ0v) is 17.4. The van der Waals surface area contributed by atoms with Crippen LogP contribution in [0.5, 0.6) is 0 Å². The van der Waals surface area contributed by atoms with Gasteiger partial charge < -0.3 is 10.6 Å². The van der Waals surface area contributed by atoms with Crippen LogP contribution in [0.4, 0.5) is 10.1 Å². The van der Waals surface area contributed by atoms with Crippen LogP contribution in [0.25, 0.3) is 6.08 Å². The number of carbonyl (C=O) groups excluding carboxylic acids is 1. The molecule has 144 valence electrons. The normalized spacial score (nSPS) is 11.2. The van der Waals surface area contributed by atoms with Crippen LogP contribution in [-0.4, -0.2) is 41.5 Å². The maximum atomic E-state index is 12.8. The molecule has 0 heterocycles. The van der Waals surface area contributed by atoms with E-state index in [0.29, 0.717) is 18.7 Å². The van der Waals surface area contributed by atoms with Gasteiger partial charge in [0.25, 0.3) is 0 Å². The van der Waals surface area contributed by atoms with E-state index in [1.807, 2.05) is 18.2 Å². The Labute approximate surface area is 174 Å². The molecule has 0 aliphatic carbocycles.